The van der Waals surface area contributed by atoms with Crippen LogP contribution in [0.3, 0.4) is 0 Å². The maximum Gasteiger partial charge on any atom is 0.244 e. The van der Waals surface area contributed by atoms with Gasteiger partial charge in [0.25, 0.3) is 0 Å². The van der Waals surface area contributed by atoms with Gasteiger partial charge in [0.15, 0.2) is 5.82 Å². The Morgan fingerprint density at radius 3 is 2.57 bits per heavy atom. The summed E-state index contributed by atoms with van der Waals surface area (Å²) in [4.78, 5) is 4.69. The fourth-order valence-electron chi connectivity index (χ4n) is 3.50. The van der Waals surface area contributed by atoms with E-state index < -0.39 is 0 Å². The Morgan fingerprint density at radius 2 is 1.95 bits per heavy atom. The molecule has 1 saturated carbocycles. The normalized spacial score (nSPS) is 31.3. The SMILES string of the molecule is CC(C)(C)C1CCC(c2noc(C3CSCCN3)n2)CC1. The molecule has 1 aromatic rings. The summed E-state index contributed by atoms with van der Waals surface area (Å²) in [5.74, 6) is 5.27. The Bertz CT molecular complexity index is 454. The van der Waals surface area contributed by atoms with Crippen molar-refractivity contribution in [3.05, 3.63) is 11.7 Å². The molecule has 0 bridgehead atoms. The number of nitrogens with one attached hydrogen (secondary N) is 1. The van der Waals surface area contributed by atoms with E-state index in [1.54, 1.807) is 0 Å². The second-order valence-electron chi connectivity index (χ2n) is 7.49. The second-order valence-corrected chi connectivity index (χ2v) is 8.64. The first kappa shape index (κ1) is 15.3. The van der Waals surface area contributed by atoms with Gasteiger partial charge in [0, 0.05) is 24.0 Å². The summed E-state index contributed by atoms with van der Waals surface area (Å²) in [7, 11) is 0. The van der Waals surface area contributed by atoms with Crippen LogP contribution in [0.2, 0.25) is 0 Å². The second kappa shape index (κ2) is 6.29. The van der Waals surface area contributed by atoms with Gasteiger partial charge in [-0.05, 0) is 37.0 Å². The lowest BCUT2D eigenvalue weighted by molar-refractivity contribution is 0.166. The van der Waals surface area contributed by atoms with Gasteiger partial charge in [-0.15, -0.1) is 0 Å². The van der Waals surface area contributed by atoms with Crippen molar-refractivity contribution in [2.24, 2.45) is 11.3 Å². The van der Waals surface area contributed by atoms with Crippen LogP contribution in [0, 0.1) is 11.3 Å². The summed E-state index contributed by atoms with van der Waals surface area (Å²) in [5, 5.41) is 7.73. The van der Waals surface area contributed by atoms with Gasteiger partial charge < -0.3 is 9.84 Å². The molecule has 0 spiro atoms. The van der Waals surface area contributed by atoms with Crippen LogP contribution < -0.4 is 5.32 Å². The fraction of sp³-hybridized carbons (Fsp3) is 0.875. The van der Waals surface area contributed by atoms with E-state index in [-0.39, 0.29) is 6.04 Å². The number of rotatable bonds is 2. The summed E-state index contributed by atoms with van der Waals surface area (Å²) in [6.45, 7) is 8.11. The van der Waals surface area contributed by atoms with E-state index in [1.165, 1.54) is 31.4 Å². The third-order valence-electron chi connectivity index (χ3n) is 4.99. The van der Waals surface area contributed by atoms with Crippen LogP contribution in [0.25, 0.3) is 0 Å². The van der Waals surface area contributed by atoms with Crippen molar-refractivity contribution in [3.63, 3.8) is 0 Å². The van der Waals surface area contributed by atoms with E-state index in [1.807, 2.05) is 11.8 Å². The first-order valence-corrected chi connectivity index (χ1v) is 9.34. The maximum atomic E-state index is 5.51. The van der Waals surface area contributed by atoms with Gasteiger partial charge in [-0.25, -0.2) is 0 Å². The molecule has 1 aliphatic carbocycles. The zero-order valence-corrected chi connectivity index (χ0v) is 14.2. The molecule has 0 amide bonds. The van der Waals surface area contributed by atoms with Crippen LogP contribution in [0.15, 0.2) is 4.52 Å². The molecule has 3 rings (SSSR count). The molecule has 0 aromatic carbocycles. The van der Waals surface area contributed by atoms with Gasteiger partial charge in [-0.3, -0.25) is 0 Å². The first-order valence-electron chi connectivity index (χ1n) is 8.18. The molecule has 5 heteroatoms. The molecule has 0 radical (unpaired) electrons. The Morgan fingerprint density at radius 1 is 1.19 bits per heavy atom. The molecular weight excluding hydrogens is 282 g/mol. The fourth-order valence-corrected chi connectivity index (χ4v) is 4.42. The van der Waals surface area contributed by atoms with E-state index in [0.717, 1.165) is 29.9 Å². The number of hydrogen-bond acceptors (Lipinski definition) is 5. The van der Waals surface area contributed by atoms with Crippen molar-refractivity contribution < 1.29 is 4.52 Å². The molecule has 21 heavy (non-hydrogen) atoms. The van der Waals surface area contributed by atoms with Gasteiger partial charge in [0.2, 0.25) is 5.89 Å². The zero-order valence-electron chi connectivity index (χ0n) is 13.4. The number of nitrogens with zero attached hydrogens (tertiary/aromatic N) is 2. The number of hydrogen-bond donors (Lipinski definition) is 1. The monoisotopic (exact) mass is 309 g/mol. The minimum absolute atomic E-state index is 0.246. The average Bonchev–Trinajstić information content (AvgIpc) is 2.97. The third-order valence-corrected chi connectivity index (χ3v) is 6.06. The van der Waals surface area contributed by atoms with Crippen molar-refractivity contribution in [2.45, 2.75) is 58.4 Å². The quantitative estimate of drug-likeness (QED) is 0.901. The van der Waals surface area contributed by atoms with E-state index in [2.05, 4.69) is 31.2 Å². The van der Waals surface area contributed by atoms with E-state index >= 15 is 0 Å². The number of aromatic nitrogens is 2. The predicted octanol–water partition coefficient (Wildman–Crippen LogP) is 3.77. The highest BCUT2D eigenvalue weighted by atomic mass is 32.2. The largest absolute Gasteiger partial charge is 0.338 e. The lowest BCUT2D eigenvalue weighted by atomic mass is 9.70. The van der Waals surface area contributed by atoms with Crippen LogP contribution in [0.5, 0.6) is 0 Å². The number of thioether (sulfide) groups is 1. The predicted molar refractivity (Wildman–Crippen MR) is 86.5 cm³/mol. The minimum atomic E-state index is 0.246. The van der Waals surface area contributed by atoms with Gasteiger partial charge in [0.1, 0.15) is 0 Å². The lowest BCUT2D eigenvalue weighted by Gasteiger charge is -2.36. The summed E-state index contributed by atoms with van der Waals surface area (Å²) in [6.07, 6.45) is 4.98. The van der Waals surface area contributed by atoms with Crippen LogP contribution in [-0.4, -0.2) is 28.2 Å². The molecule has 1 atom stereocenters. The van der Waals surface area contributed by atoms with Crippen LogP contribution in [0.1, 0.15) is 70.1 Å². The highest BCUT2D eigenvalue weighted by Crippen LogP contribution is 2.42. The van der Waals surface area contributed by atoms with Gasteiger partial charge in [0.05, 0.1) is 6.04 Å². The smallest absolute Gasteiger partial charge is 0.244 e. The Hall–Kier alpha value is -0.550. The van der Waals surface area contributed by atoms with Crippen molar-refractivity contribution in [1.82, 2.24) is 15.5 Å². The molecule has 1 aliphatic heterocycles. The molecule has 4 nitrogen and oxygen atoms in total. The lowest BCUT2D eigenvalue weighted by Crippen LogP contribution is -2.30. The van der Waals surface area contributed by atoms with E-state index in [4.69, 9.17) is 9.51 Å². The van der Waals surface area contributed by atoms with Crippen molar-refractivity contribution >= 4 is 11.8 Å². The van der Waals surface area contributed by atoms with Crippen molar-refractivity contribution in [3.8, 4) is 0 Å². The van der Waals surface area contributed by atoms with Crippen LogP contribution in [-0.2, 0) is 0 Å². The summed E-state index contributed by atoms with van der Waals surface area (Å²) >= 11 is 1.96. The minimum Gasteiger partial charge on any atom is -0.338 e. The van der Waals surface area contributed by atoms with Gasteiger partial charge in [-0.1, -0.05) is 25.9 Å². The molecule has 2 fully saturated rings. The molecule has 2 aliphatic rings. The highest BCUT2D eigenvalue weighted by Gasteiger charge is 2.32. The molecule has 1 unspecified atom stereocenters. The maximum absolute atomic E-state index is 5.51. The summed E-state index contributed by atoms with van der Waals surface area (Å²) in [6, 6.07) is 0.246. The Labute approximate surface area is 131 Å². The molecule has 118 valence electrons. The van der Waals surface area contributed by atoms with Crippen LogP contribution in [0.4, 0.5) is 0 Å². The molecule has 1 N–H and O–H groups in total. The Kier molecular flexibility index (Phi) is 4.60. The molecule has 1 saturated heterocycles. The van der Waals surface area contributed by atoms with Crippen molar-refractivity contribution in [2.75, 3.05) is 18.1 Å². The first-order chi connectivity index (χ1) is 10.0. The third kappa shape index (κ3) is 3.62. The molecule has 1 aromatic heterocycles. The van der Waals surface area contributed by atoms with Gasteiger partial charge >= 0.3 is 0 Å². The van der Waals surface area contributed by atoms with Gasteiger partial charge in [-0.2, -0.15) is 16.7 Å². The standard InChI is InChI=1S/C16H27N3OS/c1-16(2,3)12-6-4-11(5-7-12)14-18-15(20-19-14)13-10-21-9-8-17-13/h11-13,17H,4-10H2,1-3H3. The topological polar surface area (TPSA) is 51.0 Å². The summed E-state index contributed by atoms with van der Waals surface area (Å²) < 4.78 is 5.51. The van der Waals surface area contributed by atoms with E-state index in [9.17, 15) is 0 Å². The Balaban J connectivity index is 1.60. The average molecular weight is 309 g/mol. The highest BCUT2D eigenvalue weighted by molar-refractivity contribution is 7.99. The van der Waals surface area contributed by atoms with Crippen LogP contribution >= 0.6 is 11.8 Å². The van der Waals surface area contributed by atoms with E-state index in [0.29, 0.717) is 11.3 Å². The van der Waals surface area contributed by atoms with Crippen molar-refractivity contribution in [1.29, 1.82) is 0 Å². The summed E-state index contributed by atoms with van der Waals surface area (Å²) in [5.41, 5.74) is 0.427. The molecule has 2 heterocycles. The zero-order chi connectivity index (χ0) is 14.9. The molecular formula is C16H27N3OS.